The molecule has 4 nitrogen and oxygen atoms in total. The molecule has 0 radical (unpaired) electrons. The molecule has 17 heavy (non-hydrogen) atoms. The van der Waals surface area contributed by atoms with Crippen molar-refractivity contribution < 1.29 is 18.0 Å². The van der Waals surface area contributed by atoms with Crippen LogP contribution in [0, 0.1) is 11.3 Å². The van der Waals surface area contributed by atoms with Crippen molar-refractivity contribution in [1.82, 2.24) is 9.55 Å². The maximum Gasteiger partial charge on any atom is 0.472 e. The van der Waals surface area contributed by atoms with Gasteiger partial charge in [-0.1, -0.05) is 0 Å². The minimum atomic E-state index is -4.98. The summed E-state index contributed by atoms with van der Waals surface area (Å²) in [6.45, 7) is 0. The molecule has 0 spiro atoms. The fraction of sp³-hybridized carbons (Fsp3) is 0.100. The molecular formula is C10H4F3N3O. The van der Waals surface area contributed by atoms with Crippen LogP contribution in [0.15, 0.2) is 24.5 Å². The van der Waals surface area contributed by atoms with E-state index in [1.807, 2.05) is 0 Å². The van der Waals surface area contributed by atoms with Crippen LogP contribution in [0.4, 0.5) is 13.2 Å². The first kappa shape index (κ1) is 11.1. The molecule has 1 aromatic heterocycles. The smallest absolute Gasteiger partial charge is 0.264 e. The van der Waals surface area contributed by atoms with E-state index < -0.39 is 12.1 Å². The molecule has 0 amide bonds. The van der Waals surface area contributed by atoms with Crippen molar-refractivity contribution in [3.8, 4) is 6.07 Å². The Kier molecular flexibility index (Phi) is 2.35. The summed E-state index contributed by atoms with van der Waals surface area (Å²) in [5, 5.41) is 8.64. The van der Waals surface area contributed by atoms with Crippen LogP contribution in [0.2, 0.25) is 0 Å². The fourth-order valence-corrected chi connectivity index (χ4v) is 1.38. The lowest BCUT2D eigenvalue weighted by Gasteiger charge is -2.05. The molecule has 0 fully saturated rings. The standard InChI is InChI=1S/C10H4F3N3O/c11-10(12,13)9(17)16-5-15-7-2-1-6(4-14)3-8(7)16/h1-3,5H. The third-order valence-electron chi connectivity index (χ3n) is 2.14. The molecule has 0 N–H and O–H groups in total. The highest BCUT2D eigenvalue weighted by atomic mass is 19.4. The van der Waals surface area contributed by atoms with E-state index in [0.717, 1.165) is 6.33 Å². The maximum absolute atomic E-state index is 12.3. The Labute approximate surface area is 92.9 Å². The molecule has 1 aromatic carbocycles. The van der Waals surface area contributed by atoms with Crippen LogP contribution in [0.5, 0.6) is 0 Å². The van der Waals surface area contributed by atoms with Gasteiger partial charge in [-0.15, -0.1) is 0 Å². The normalized spacial score (nSPS) is 11.4. The second-order valence-corrected chi connectivity index (χ2v) is 3.23. The zero-order valence-corrected chi connectivity index (χ0v) is 8.19. The predicted octanol–water partition coefficient (Wildman–Crippen LogP) is 2.11. The first-order chi connectivity index (χ1) is 7.93. The van der Waals surface area contributed by atoms with E-state index in [4.69, 9.17) is 5.26 Å². The molecule has 2 rings (SSSR count). The molecule has 2 aromatic rings. The van der Waals surface area contributed by atoms with Crippen molar-refractivity contribution in [3.05, 3.63) is 30.1 Å². The van der Waals surface area contributed by atoms with Gasteiger partial charge in [-0.3, -0.25) is 9.36 Å². The minimum Gasteiger partial charge on any atom is -0.264 e. The number of hydrogen-bond acceptors (Lipinski definition) is 3. The van der Waals surface area contributed by atoms with Crippen molar-refractivity contribution >= 4 is 16.9 Å². The quantitative estimate of drug-likeness (QED) is 0.707. The number of fused-ring (bicyclic) bond motifs is 1. The average Bonchev–Trinajstić information content (AvgIpc) is 2.69. The van der Waals surface area contributed by atoms with Crippen LogP contribution in [0.1, 0.15) is 10.4 Å². The second kappa shape index (κ2) is 3.59. The number of imidazole rings is 1. The number of nitrogens with zero attached hydrogens (tertiary/aromatic N) is 3. The molecule has 86 valence electrons. The molecular weight excluding hydrogens is 235 g/mol. The van der Waals surface area contributed by atoms with E-state index >= 15 is 0 Å². The van der Waals surface area contributed by atoms with Crippen LogP contribution in [0.25, 0.3) is 11.0 Å². The van der Waals surface area contributed by atoms with Crippen molar-refractivity contribution in [2.75, 3.05) is 0 Å². The molecule has 0 aliphatic heterocycles. The van der Waals surface area contributed by atoms with E-state index in [1.54, 1.807) is 6.07 Å². The number of halogens is 3. The highest BCUT2D eigenvalue weighted by Gasteiger charge is 2.40. The van der Waals surface area contributed by atoms with Crippen LogP contribution < -0.4 is 0 Å². The topological polar surface area (TPSA) is 58.7 Å². The minimum absolute atomic E-state index is 0.0358. The van der Waals surface area contributed by atoms with Crippen LogP contribution in [-0.2, 0) is 0 Å². The van der Waals surface area contributed by atoms with Gasteiger partial charge in [-0.25, -0.2) is 4.98 Å². The number of carbonyl (C=O) groups is 1. The largest absolute Gasteiger partial charge is 0.472 e. The molecule has 0 aliphatic carbocycles. The van der Waals surface area contributed by atoms with Crippen molar-refractivity contribution in [1.29, 1.82) is 5.26 Å². The molecule has 0 atom stereocenters. The third kappa shape index (κ3) is 1.85. The SMILES string of the molecule is N#Cc1ccc2ncn(C(=O)C(F)(F)F)c2c1. The Morgan fingerprint density at radius 2 is 2.12 bits per heavy atom. The first-order valence-corrected chi connectivity index (χ1v) is 4.42. The average molecular weight is 239 g/mol. The van der Waals surface area contributed by atoms with Gasteiger partial charge in [-0.05, 0) is 18.2 Å². The molecule has 1 heterocycles. The third-order valence-corrected chi connectivity index (χ3v) is 2.14. The first-order valence-electron chi connectivity index (χ1n) is 4.42. The van der Waals surface area contributed by atoms with Gasteiger partial charge < -0.3 is 0 Å². The summed E-state index contributed by atoms with van der Waals surface area (Å²) in [6, 6.07) is 5.76. The summed E-state index contributed by atoms with van der Waals surface area (Å²) < 4.78 is 37.2. The lowest BCUT2D eigenvalue weighted by Crippen LogP contribution is -2.28. The van der Waals surface area contributed by atoms with Gasteiger partial charge in [0.25, 0.3) is 0 Å². The Hall–Kier alpha value is -2.36. The summed E-state index contributed by atoms with van der Waals surface area (Å²) in [4.78, 5) is 14.7. The number of carbonyl (C=O) groups excluding carboxylic acids is 1. The maximum atomic E-state index is 12.3. The Balaban J connectivity index is 2.64. The van der Waals surface area contributed by atoms with Crippen LogP contribution in [-0.4, -0.2) is 21.6 Å². The number of benzene rings is 1. The van der Waals surface area contributed by atoms with Gasteiger partial charge in [0, 0.05) is 0 Å². The summed E-state index contributed by atoms with van der Waals surface area (Å²) in [7, 11) is 0. The van der Waals surface area contributed by atoms with Gasteiger partial charge in [0.1, 0.15) is 6.33 Å². The van der Waals surface area contributed by atoms with E-state index in [0.29, 0.717) is 4.57 Å². The monoisotopic (exact) mass is 239 g/mol. The van der Waals surface area contributed by atoms with E-state index in [-0.39, 0.29) is 16.6 Å². The zero-order valence-electron chi connectivity index (χ0n) is 8.19. The summed E-state index contributed by atoms with van der Waals surface area (Å²) in [5.74, 6) is -2.03. The molecule has 7 heteroatoms. The number of nitriles is 1. The zero-order chi connectivity index (χ0) is 12.6. The van der Waals surface area contributed by atoms with E-state index in [9.17, 15) is 18.0 Å². The lowest BCUT2D eigenvalue weighted by molar-refractivity contribution is -0.0943. The number of alkyl halides is 3. The predicted molar refractivity (Wildman–Crippen MR) is 51.1 cm³/mol. The molecule has 0 saturated carbocycles. The van der Waals surface area contributed by atoms with E-state index in [1.165, 1.54) is 18.2 Å². The highest BCUT2D eigenvalue weighted by molar-refractivity contribution is 5.93. The van der Waals surface area contributed by atoms with Gasteiger partial charge in [0.15, 0.2) is 0 Å². The van der Waals surface area contributed by atoms with Gasteiger partial charge in [0.2, 0.25) is 0 Å². The highest BCUT2D eigenvalue weighted by Crippen LogP contribution is 2.22. The number of hydrogen-bond donors (Lipinski definition) is 0. The lowest BCUT2D eigenvalue weighted by atomic mass is 10.2. The van der Waals surface area contributed by atoms with Crippen molar-refractivity contribution in [3.63, 3.8) is 0 Å². The number of aromatic nitrogens is 2. The molecule has 0 bridgehead atoms. The number of rotatable bonds is 0. The second-order valence-electron chi connectivity index (χ2n) is 3.23. The van der Waals surface area contributed by atoms with Crippen LogP contribution >= 0.6 is 0 Å². The Bertz CT molecular complexity index is 636. The van der Waals surface area contributed by atoms with Crippen molar-refractivity contribution in [2.24, 2.45) is 0 Å². The van der Waals surface area contributed by atoms with Crippen molar-refractivity contribution in [2.45, 2.75) is 6.18 Å². The summed E-state index contributed by atoms with van der Waals surface area (Å²) >= 11 is 0. The Morgan fingerprint density at radius 1 is 1.41 bits per heavy atom. The molecule has 0 saturated heterocycles. The summed E-state index contributed by atoms with van der Waals surface area (Å²) in [5.41, 5.74) is 0.349. The van der Waals surface area contributed by atoms with Gasteiger partial charge in [-0.2, -0.15) is 18.4 Å². The van der Waals surface area contributed by atoms with E-state index in [2.05, 4.69) is 4.98 Å². The van der Waals surface area contributed by atoms with Gasteiger partial charge in [0.05, 0.1) is 22.7 Å². The van der Waals surface area contributed by atoms with Crippen LogP contribution in [0.3, 0.4) is 0 Å². The molecule has 0 aliphatic rings. The summed E-state index contributed by atoms with van der Waals surface area (Å²) in [6.07, 6.45) is -4.18. The molecule has 0 unspecified atom stereocenters. The van der Waals surface area contributed by atoms with Gasteiger partial charge >= 0.3 is 12.1 Å². The fourth-order valence-electron chi connectivity index (χ4n) is 1.38. The Morgan fingerprint density at radius 3 is 2.71 bits per heavy atom.